The first-order valence-electron chi connectivity index (χ1n) is 7.39. The van der Waals surface area contributed by atoms with Crippen LogP contribution in [-0.4, -0.2) is 34.4 Å². The van der Waals surface area contributed by atoms with Gasteiger partial charge in [-0.05, 0) is 18.9 Å². The molecule has 0 radical (unpaired) electrons. The van der Waals surface area contributed by atoms with Crippen LogP contribution in [0.1, 0.15) is 31.5 Å². The molecule has 0 unspecified atom stereocenters. The fourth-order valence-corrected chi connectivity index (χ4v) is 3.05. The molecule has 3 rings (SSSR count). The zero-order chi connectivity index (χ0) is 14.7. The van der Waals surface area contributed by atoms with Gasteiger partial charge in [-0.3, -0.25) is 0 Å². The average Bonchev–Trinajstić information content (AvgIpc) is 3.14. The highest BCUT2D eigenvalue weighted by Crippen LogP contribution is 2.22. The van der Waals surface area contributed by atoms with Crippen LogP contribution in [0.2, 0.25) is 0 Å². The Labute approximate surface area is 129 Å². The van der Waals surface area contributed by atoms with Gasteiger partial charge in [0.05, 0.1) is 25.7 Å². The number of nitrogens with zero attached hydrogens (tertiary/aromatic N) is 3. The van der Waals surface area contributed by atoms with Gasteiger partial charge in [0.25, 0.3) is 0 Å². The van der Waals surface area contributed by atoms with E-state index < -0.39 is 0 Å². The number of imidazole rings is 1. The van der Waals surface area contributed by atoms with Gasteiger partial charge in [-0.15, -0.1) is 11.6 Å². The molecule has 0 saturated heterocycles. The maximum atomic E-state index is 6.00. The van der Waals surface area contributed by atoms with Crippen molar-refractivity contribution in [1.29, 1.82) is 0 Å². The molecule has 1 aliphatic carbocycles. The second-order valence-corrected chi connectivity index (χ2v) is 5.55. The van der Waals surface area contributed by atoms with Crippen LogP contribution in [0.5, 0.6) is 5.88 Å². The number of alkyl halides is 1. The van der Waals surface area contributed by atoms with Crippen LogP contribution in [0, 0.1) is 0 Å². The fraction of sp³-hybridized carbons (Fsp3) is 0.600. The predicted octanol–water partition coefficient (Wildman–Crippen LogP) is 3.14. The molecule has 114 valence electrons. The molecule has 0 N–H and O–H groups in total. The summed E-state index contributed by atoms with van der Waals surface area (Å²) >= 11 is 6.00. The predicted molar refractivity (Wildman–Crippen MR) is 81.8 cm³/mol. The van der Waals surface area contributed by atoms with Crippen molar-refractivity contribution < 1.29 is 9.47 Å². The summed E-state index contributed by atoms with van der Waals surface area (Å²) in [6, 6.07) is 3.72. The standard InChI is InChI=1S/C15H20ClN3O2/c1-20-14-7-6-12-15(18-14)19(13(10-16)17-12)8-9-21-11-4-2-3-5-11/h6-7,11H,2-5,8-10H2,1H3. The van der Waals surface area contributed by atoms with Crippen molar-refractivity contribution in [2.75, 3.05) is 13.7 Å². The van der Waals surface area contributed by atoms with Crippen LogP contribution < -0.4 is 4.74 Å². The summed E-state index contributed by atoms with van der Waals surface area (Å²) < 4.78 is 13.1. The number of halogens is 1. The minimum atomic E-state index is 0.363. The van der Waals surface area contributed by atoms with Crippen LogP contribution in [-0.2, 0) is 17.2 Å². The van der Waals surface area contributed by atoms with Gasteiger partial charge in [0.1, 0.15) is 11.3 Å². The van der Waals surface area contributed by atoms with Crippen LogP contribution in [0.15, 0.2) is 12.1 Å². The molecule has 5 nitrogen and oxygen atoms in total. The van der Waals surface area contributed by atoms with Gasteiger partial charge in [-0.1, -0.05) is 12.8 Å². The van der Waals surface area contributed by atoms with Crippen LogP contribution in [0.25, 0.3) is 11.2 Å². The second-order valence-electron chi connectivity index (χ2n) is 5.29. The van der Waals surface area contributed by atoms with Gasteiger partial charge < -0.3 is 14.0 Å². The lowest BCUT2D eigenvalue weighted by Crippen LogP contribution is -2.14. The average molecular weight is 310 g/mol. The first-order valence-corrected chi connectivity index (χ1v) is 7.93. The van der Waals surface area contributed by atoms with E-state index in [4.69, 9.17) is 21.1 Å². The quantitative estimate of drug-likeness (QED) is 0.769. The highest BCUT2D eigenvalue weighted by molar-refractivity contribution is 6.16. The summed E-state index contributed by atoms with van der Waals surface area (Å²) in [6.07, 6.45) is 5.34. The van der Waals surface area contributed by atoms with Crippen molar-refractivity contribution in [1.82, 2.24) is 14.5 Å². The molecule has 0 amide bonds. The largest absolute Gasteiger partial charge is 0.481 e. The van der Waals surface area contributed by atoms with E-state index in [1.165, 1.54) is 25.7 Å². The van der Waals surface area contributed by atoms with Crippen molar-refractivity contribution in [3.63, 3.8) is 0 Å². The number of rotatable bonds is 6. The third-order valence-corrected chi connectivity index (χ3v) is 4.18. The molecule has 1 aliphatic rings. The van der Waals surface area contributed by atoms with E-state index >= 15 is 0 Å². The maximum Gasteiger partial charge on any atom is 0.215 e. The molecule has 1 saturated carbocycles. The van der Waals surface area contributed by atoms with Gasteiger partial charge in [-0.25, -0.2) is 4.98 Å². The lowest BCUT2D eigenvalue weighted by molar-refractivity contribution is 0.0531. The smallest absolute Gasteiger partial charge is 0.215 e. The normalized spacial score (nSPS) is 15.9. The summed E-state index contributed by atoms with van der Waals surface area (Å²) in [7, 11) is 1.61. The number of ether oxygens (including phenoxy) is 2. The van der Waals surface area contributed by atoms with Gasteiger partial charge in [0.2, 0.25) is 5.88 Å². The Balaban J connectivity index is 1.77. The lowest BCUT2D eigenvalue weighted by Gasteiger charge is -2.12. The molecule has 0 aromatic carbocycles. The molecule has 0 aliphatic heterocycles. The summed E-state index contributed by atoms with van der Waals surface area (Å²) in [4.78, 5) is 8.99. The maximum absolute atomic E-state index is 6.00. The van der Waals surface area contributed by atoms with Crippen molar-refractivity contribution in [2.45, 2.75) is 44.2 Å². The Kier molecular flexibility index (Phi) is 4.60. The first-order chi connectivity index (χ1) is 10.3. The third-order valence-electron chi connectivity index (χ3n) is 3.95. The van der Waals surface area contributed by atoms with Crippen molar-refractivity contribution in [3.8, 4) is 5.88 Å². The second kappa shape index (κ2) is 6.62. The molecule has 0 bridgehead atoms. The number of fused-ring (bicyclic) bond motifs is 1. The Morgan fingerprint density at radius 1 is 1.29 bits per heavy atom. The molecule has 0 spiro atoms. The van der Waals surface area contributed by atoms with Crippen molar-refractivity contribution >= 4 is 22.8 Å². The minimum Gasteiger partial charge on any atom is -0.481 e. The van der Waals surface area contributed by atoms with Crippen molar-refractivity contribution in [3.05, 3.63) is 18.0 Å². The van der Waals surface area contributed by atoms with Gasteiger partial charge in [0, 0.05) is 12.6 Å². The zero-order valence-electron chi connectivity index (χ0n) is 12.2. The molecule has 0 atom stereocenters. The molecule has 1 fully saturated rings. The van der Waals surface area contributed by atoms with Gasteiger partial charge in [0.15, 0.2) is 5.65 Å². The highest BCUT2D eigenvalue weighted by Gasteiger charge is 2.16. The summed E-state index contributed by atoms with van der Waals surface area (Å²) in [6.45, 7) is 1.38. The fourth-order valence-electron chi connectivity index (χ4n) is 2.85. The summed E-state index contributed by atoms with van der Waals surface area (Å²) in [5, 5.41) is 0. The topological polar surface area (TPSA) is 49.2 Å². The Hall–Kier alpha value is -1.33. The lowest BCUT2D eigenvalue weighted by atomic mass is 10.3. The van der Waals surface area contributed by atoms with E-state index in [-0.39, 0.29) is 0 Å². The van der Waals surface area contributed by atoms with Crippen LogP contribution in [0.4, 0.5) is 0 Å². The van der Waals surface area contributed by atoms with Crippen LogP contribution >= 0.6 is 11.6 Å². The first kappa shape index (κ1) is 14.6. The number of methoxy groups -OCH3 is 1. The monoisotopic (exact) mass is 309 g/mol. The third kappa shape index (κ3) is 3.14. The van der Waals surface area contributed by atoms with E-state index in [1.54, 1.807) is 7.11 Å². The Bertz CT molecular complexity index is 608. The molecule has 6 heteroatoms. The van der Waals surface area contributed by atoms with Gasteiger partial charge in [-0.2, -0.15) is 4.98 Å². The minimum absolute atomic E-state index is 0.363. The molecule has 2 heterocycles. The Morgan fingerprint density at radius 3 is 2.81 bits per heavy atom. The summed E-state index contributed by atoms with van der Waals surface area (Å²) in [5.41, 5.74) is 1.65. The molecular weight excluding hydrogens is 290 g/mol. The Morgan fingerprint density at radius 2 is 2.10 bits per heavy atom. The van der Waals surface area contributed by atoms with Crippen LogP contribution in [0.3, 0.4) is 0 Å². The van der Waals surface area contributed by atoms with E-state index in [2.05, 4.69) is 9.97 Å². The number of hydrogen-bond acceptors (Lipinski definition) is 4. The van der Waals surface area contributed by atoms with E-state index in [0.29, 0.717) is 24.5 Å². The molecular formula is C15H20ClN3O2. The number of pyridine rings is 1. The van der Waals surface area contributed by atoms with Crippen molar-refractivity contribution in [2.24, 2.45) is 0 Å². The van der Waals surface area contributed by atoms with Gasteiger partial charge >= 0.3 is 0 Å². The SMILES string of the molecule is COc1ccc2nc(CCl)n(CCOC3CCCC3)c2n1. The van der Waals surface area contributed by atoms with E-state index in [1.807, 2.05) is 16.7 Å². The van der Waals surface area contributed by atoms with E-state index in [0.717, 1.165) is 23.5 Å². The van der Waals surface area contributed by atoms with E-state index in [9.17, 15) is 0 Å². The zero-order valence-corrected chi connectivity index (χ0v) is 13.0. The number of hydrogen-bond donors (Lipinski definition) is 0. The molecule has 2 aromatic rings. The highest BCUT2D eigenvalue weighted by atomic mass is 35.5. The molecule has 21 heavy (non-hydrogen) atoms. The molecule has 2 aromatic heterocycles. The summed E-state index contributed by atoms with van der Waals surface area (Å²) in [5.74, 6) is 1.77. The number of aromatic nitrogens is 3.